The van der Waals surface area contributed by atoms with Gasteiger partial charge in [-0.1, -0.05) is 48.0 Å². The summed E-state index contributed by atoms with van der Waals surface area (Å²) >= 11 is 5.81. The summed E-state index contributed by atoms with van der Waals surface area (Å²) in [6, 6.07) is 8.99. The molecule has 3 aromatic rings. The van der Waals surface area contributed by atoms with E-state index in [0.29, 0.717) is 28.5 Å². The largest absolute Gasteiger partial charge is 0.392 e. The van der Waals surface area contributed by atoms with Crippen molar-refractivity contribution in [3.8, 4) is 0 Å². The van der Waals surface area contributed by atoms with Crippen molar-refractivity contribution in [2.75, 3.05) is 6.54 Å². The van der Waals surface area contributed by atoms with Crippen LogP contribution in [0.3, 0.4) is 0 Å². The van der Waals surface area contributed by atoms with Gasteiger partial charge in [-0.25, -0.2) is 4.39 Å². The number of nitrogens with one attached hydrogen (secondary N) is 1. The molecule has 2 N–H and O–H groups in total. The third-order valence-electron chi connectivity index (χ3n) is 6.17. The normalized spacial score (nSPS) is 15.6. The summed E-state index contributed by atoms with van der Waals surface area (Å²) in [6.07, 6.45) is 1.92. The van der Waals surface area contributed by atoms with E-state index in [9.17, 15) is 23.9 Å². The van der Waals surface area contributed by atoms with Crippen LogP contribution < -0.4 is 5.32 Å². The summed E-state index contributed by atoms with van der Waals surface area (Å²) in [5, 5.41) is 12.9. The highest BCUT2D eigenvalue weighted by molar-refractivity contribution is 6.30. The molecule has 0 saturated carbocycles. The number of ketones is 1. The molecule has 0 spiro atoms. The van der Waals surface area contributed by atoms with Crippen LogP contribution in [0.4, 0.5) is 4.39 Å². The lowest BCUT2D eigenvalue weighted by Crippen LogP contribution is -2.46. The number of nitrogens with zero attached hydrogens (tertiary/aromatic N) is 2. The fraction of sp³-hybridized carbons (Fsp3) is 0.269. The van der Waals surface area contributed by atoms with Gasteiger partial charge in [0, 0.05) is 41.3 Å². The van der Waals surface area contributed by atoms with Crippen LogP contribution in [-0.2, 0) is 29.3 Å². The number of carbonyl (C=O) groups excluding carboxylic acids is 3. The highest BCUT2D eigenvalue weighted by Gasteiger charge is 2.36. The Balaban J connectivity index is 1.54. The lowest BCUT2D eigenvalue weighted by atomic mass is 10.1. The first-order valence-corrected chi connectivity index (χ1v) is 11.5. The number of aliphatic hydroxyl groups is 1. The molecule has 0 radical (unpaired) electrons. The zero-order chi connectivity index (χ0) is 25.3. The maximum Gasteiger partial charge on any atom is 0.243 e. The van der Waals surface area contributed by atoms with Crippen LogP contribution in [0.15, 0.2) is 54.7 Å². The SMILES string of the molecule is C=C1C[C@@H](C(=O)NCc2cccc(Cl)c2F)N(C(=O)Cn2cc(C(C)=O)c3ccc(CO)cc32)C1. The summed E-state index contributed by atoms with van der Waals surface area (Å²) in [7, 11) is 0. The molecular formula is C26H25ClFN3O4. The summed E-state index contributed by atoms with van der Waals surface area (Å²) in [4.78, 5) is 39.8. The van der Waals surface area contributed by atoms with E-state index in [1.54, 1.807) is 35.0 Å². The molecule has 2 heterocycles. The average Bonchev–Trinajstić information content (AvgIpc) is 3.40. The molecule has 35 heavy (non-hydrogen) atoms. The highest BCUT2D eigenvalue weighted by atomic mass is 35.5. The summed E-state index contributed by atoms with van der Waals surface area (Å²) in [6.45, 7) is 5.28. The summed E-state index contributed by atoms with van der Waals surface area (Å²) in [5.74, 6) is -1.47. The van der Waals surface area contributed by atoms with Crippen molar-refractivity contribution in [1.82, 2.24) is 14.8 Å². The van der Waals surface area contributed by atoms with Gasteiger partial charge in [0.05, 0.1) is 11.6 Å². The molecule has 0 unspecified atom stereocenters. The standard InChI is InChI=1S/C26H25ClFN3O4/c1-15-8-23(26(35)29-10-18-4-3-5-21(27)25(18)28)31(11-15)24(34)13-30-12-20(16(2)33)19-7-6-17(14-32)9-22(19)30/h3-7,9,12,23,32H,1,8,10-11,13-14H2,2H3,(H,29,35)/t23-/m0/s1. The average molecular weight is 498 g/mol. The second kappa shape index (κ2) is 10.0. The maximum absolute atomic E-state index is 14.2. The molecule has 0 aliphatic carbocycles. The molecule has 1 aliphatic rings. The van der Waals surface area contributed by atoms with Gasteiger partial charge in [0.25, 0.3) is 0 Å². The zero-order valence-corrected chi connectivity index (χ0v) is 19.9. The van der Waals surface area contributed by atoms with Crippen molar-refractivity contribution in [3.63, 3.8) is 0 Å². The number of halogens is 2. The number of aromatic nitrogens is 1. The number of rotatable bonds is 7. The molecule has 4 rings (SSSR count). The quantitative estimate of drug-likeness (QED) is 0.385. The molecule has 9 heteroatoms. The van der Waals surface area contributed by atoms with Gasteiger partial charge < -0.3 is 19.9 Å². The van der Waals surface area contributed by atoms with E-state index in [4.69, 9.17) is 11.6 Å². The molecule has 1 atom stereocenters. The summed E-state index contributed by atoms with van der Waals surface area (Å²) in [5.41, 5.74) is 2.75. The molecule has 1 aromatic heterocycles. The Hall–Kier alpha value is -3.49. The predicted octanol–water partition coefficient (Wildman–Crippen LogP) is 3.60. The van der Waals surface area contributed by atoms with E-state index in [1.807, 2.05) is 0 Å². The number of hydrogen-bond acceptors (Lipinski definition) is 4. The molecule has 2 aromatic carbocycles. The minimum absolute atomic E-state index is 0.0315. The first-order valence-electron chi connectivity index (χ1n) is 11.1. The topological polar surface area (TPSA) is 91.6 Å². The number of benzene rings is 2. The van der Waals surface area contributed by atoms with Crippen molar-refractivity contribution in [3.05, 3.63) is 82.3 Å². The van der Waals surface area contributed by atoms with Crippen LogP contribution in [0.25, 0.3) is 10.9 Å². The van der Waals surface area contributed by atoms with Crippen molar-refractivity contribution in [1.29, 1.82) is 0 Å². The molecule has 2 amide bonds. The lowest BCUT2D eigenvalue weighted by molar-refractivity contribution is -0.138. The van der Waals surface area contributed by atoms with Crippen molar-refractivity contribution < 1.29 is 23.9 Å². The van der Waals surface area contributed by atoms with Gasteiger partial charge in [-0.3, -0.25) is 14.4 Å². The van der Waals surface area contributed by atoms with Gasteiger partial charge >= 0.3 is 0 Å². The smallest absolute Gasteiger partial charge is 0.243 e. The minimum Gasteiger partial charge on any atom is -0.392 e. The van der Waals surface area contributed by atoms with Gasteiger partial charge in [-0.05, 0) is 31.0 Å². The number of hydrogen-bond donors (Lipinski definition) is 2. The van der Waals surface area contributed by atoms with Crippen LogP contribution in [0.5, 0.6) is 0 Å². The molecule has 0 bridgehead atoms. The van der Waals surface area contributed by atoms with Crippen LogP contribution in [0.2, 0.25) is 5.02 Å². The van der Waals surface area contributed by atoms with E-state index in [-0.39, 0.29) is 48.5 Å². The van der Waals surface area contributed by atoms with Crippen molar-refractivity contribution in [2.24, 2.45) is 0 Å². The Morgan fingerprint density at radius 3 is 2.74 bits per heavy atom. The molecule has 1 fully saturated rings. The monoisotopic (exact) mass is 497 g/mol. The lowest BCUT2D eigenvalue weighted by Gasteiger charge is -2.24. The van der Waals surface area contributed by atoms with Crippen LogP contribution in [0, 0.1) is 5.82 Å². The van der Waals surface area contributed by atoms with Crippen molar-refractivity contribution >= 4 is 40.1 Å². The number of likely N-dealkylation sites (tertiary alicyclic amines) is 1. The molecular weight excluding hydrogens is 473 g/mol. The van der Waals surface area contributed by atoms with Gasteiger partial charge in [0.2, 0.25) is 11.8 Å². The van der Waals surface area contributed by atoms with E-state index in [2.05, 4.69) is 11.9 Å². The third-order valence-corrected chi connectivity index (χ3v) is 6.47. The van der Waals surface area contributed by atoms with E-state index >= 15 is 0 Å². The highest BCUT2D eigenvalue weighted by Crippen LogP contribution is 2.26. The Kier molecular flexibility index (Phi) is 7.05. The van der Waals surface area contributed by atoms with Crippen LogP contribution >= 0.6 is 11.6 Å². The van der Waals surface area contributed by atoms with Crippen LogP contribution in [-0.4, -0.2) is 44.8 Å². The number of amides is 2. The first-order chi connectivity index (χ1) is 16.7. The molecule has 182 valence electrons. The van der Waals surface area contributed by atoms with E-state index < -0.39 is 17.8 Å². The number of carbonyl (C=O) groups is 3. The Labute approximate surface area is 206 Å². The van der Waals surface area contributed by atoms with E-state index in [1.165, 1.54) is 24.0 Å². The summed E-state index contributed by atoms with van der Waals surface area (Å²) < 4.78 is 15.8. The van der Waals surface area contributed by atoms with Gasteiger partial charge in [0.15, 0.2) is 5.78 Å². The number of Topliss-reactive ketones (excluding diaryl/α,β-unsaturated/α-hetero) is 1. The Morgan fingerprint density at radius 2 is 2.03 bits per heavy atom. The van der Waals surface area contributed by atoms with Gasteiger partial charge in [0.1, 0.15) is 18.4 Å². The zero-order valence-electron chi connectivity index (χ0n) is 19.2. The van der Waals surface area contributed by atoms with Crippen LogP contribution in [0.1, 0.15) is 34.8 Å². The number of fused-ring (bicyclic) bond motifs is 1. The fourth-order valence-corrected chi connectivity index (χ4v) is 4.56. The Morgan fingerprint density at radius 1 is 1.26 bits per heavy atom. The van der Waals surface area contributed by atoms with Gasteiger partial charge in [-0.15, -0.1) is 0 Å². The van der Waals surface area contributed by atoms with E-state index in [0.717, 1.165) is 5.57 Å². The first kappa shape index (κ1) is 24.6. The Bertz CT molecular complexity index is 1350. The fourth-order valence-electron chi connectivity index (χ4n) is 4.36. The molecule has 7 nitrogen and oxygen atoms in total. The number of aliphatic hydroxyl groups excluding tert-OH is 1. The minimum atomic E-state index is -0.778. The second-order valence-corrected chi connectivity index (χ2v) is 9.07. The molecule has 1 aliphatic heterocycles. The third kappa shape index (κ3) is 4.99. The molecule has 1 saturated heterocycles. The predicted molar refractivity (Wildman–Crippen MR) is 130 cm³/mol. The van der Waals surface area contributed by atoms with Gasteiger partial charge in [-0.2, -0.15) is 0 Å². The maximum atomic E-state index is 14.2. The second-order valence-electron chi connectivity index (χ2n) is 8.66. The van der Waals surface area contributed by atoms with Crippen molar-refractivity contribution in [2.45, 2.75) is 39.1 Å².